The Kier molecular flexibility index (Phi) is 15.3. The number of halogens is 6. The predicted octanol–water partition coefficient (Wildman–Crippen LogP) is 8.40. The van der Waals surface area contributed by atoms with Gasteiger partial charge >= 0.3 is 53.8 Å². The predicted molar refractivity (Wildman–Crippen MR) is 205 cm³/mol. The Bertz CT molecular complexity index is 1590. The number of hydrogen-bond donors (Lipinski definition) is 0. The van der Waals surface area contributed by atoms with E-state index >= 15 is 0 Å². The zero-order valence-corrected chi connectivity index (χ0v) is 36.4. The summed E-state index contributed by atoms with van der Waals surface area (Å²) in [6.45, 7) is 5.30. The van der Waals surface area contributed by atoms with E-state index in [4.69, 9.17) is 14.2 Å². The second-order valence-corrected chi connectivity index (χ2v) is 19.7. The molecule has 12 nitrogen and oxygen atoms in total. The van der Waals surface area contributed by atoms with Gasteiger partial charge in [-0.25, -0.2) is 9.59 Å². The second kappa shape index (κ2) is 19.2. The van der Waals surface area contributed by atoms with Crippen LogP contribution in [-0.4, -0.2) is 86.8 Å². The molecule has 0 aromatic carbocycles. The number of hydrogen-bond acceptors (Lipinski definition) is 12. The summed E-state index contributed by atoms with van der Waals surface area (Å²) in [4.78, 5) is 71.9. The molecule has 0 aromatic heterocycles. The molecule has 0 heterocycles. The van der Waals surface area contributed by atoms with Gasteiger partial charge in [-0.15, -0.1) is 0 Å². The molecule has 352 valence electrons. The summed E-state index contributed by atoms with van der Waals surface area (Å²) < 4.78 is 113. The maximum Gasteiger partial charge on any atom is 0.406 e. The summed E-state index contributed by atoms with van der Waals surface area (Å²) in [6, 6.07) is 0. The van der Waals surface area contributed by atoms with Gasteiger partial charge in [0.1, 0.15) is 32.8 Å². The summed E-state index contributed by atoms with van der Waals surface area (Å²) in [7, 11) is 0. The molecule has 8 rings (SSSR count). The molecule has 1 atom stereocenters. The number of ether oxygens (including phenoxy) is 6. The third-order valence-electron chi connectivity index (χ3n) is 14.2. The van der Waals surface area contributed by atoms with Gasteiger partial charge in [-0.3, -0.25) is 19.2 Å². The molecule has 0 radical (unpaired) electrons. The molecule has 62 heavy (non-hydrogen) atoms. The highest BCUT2D eigenvalue weighted by Gasteiger charge is 2.60. The average molecular weight is 897 g/mol. The van der Waals surface area contributed by atoms with E-state index in [1.807, 2.05) is 6.92 Å². The minimum absolute atomic E-state index is 0.285. The molecule has 0 aromatic rings. The van der Waals surface area contributed by atoms with Gasteiger partial charge in [-0.1, -0.05) is 20.8 Å². The molecule has 8 fully saturated rings. The fourth-order valence-electron chi connectivity index (χ4n) is 11.1. The van der Waals surface area contributed by atoms with Crippen LogP contribution in [0, 0.1) is 57.7 Å². The van der Waals surface area contributed by atoms with Crippen molar-refractivity contribution in [2.24, 2.45) is 57.7 Å². The zero-order valence-electron chi connectivity index (χ0n) is 36.4. The summed E-state index contributed by atoms with van der Waals surface area (Å²) in [5.41, 5.74) is -2.39. The second-order valence-electron chi connectivity index (χ2n) is 19.7. The number of carbonyl (C=O) groups is 6. The van der Waals surface area contributed by atoms with E-state index in [2.05, 4.69) is 14.2 Å². The van der Waals surface area contributed by atoms with E-state index in [0.717, 1.165) is 38.5 Å². The molecule has 0 amide bonds. The summed E-state index contributed by atoms with van der Waals surface area (Å²) in [5, 5.41) is 0. The van der Waals surface area contributed by atoms with Crippen LogP contribution in [0.3, 0.4) is 0 Å². The van der Waals surface area contributed by atoms with Crippen LogP contribution < -0.4 is 0 Å². The minimum Gasteiger partial charge on any atom is -0.462 e. The van der Waals surface area contributed by atoms with E-state index in [-0.39, 0.29) is 24.4 Å². The van der Waals surface area contributed by atoms with Gasteiger partial charge in [-0.05, 0) is 139 Å². The first kappa shape index (κ1) is 49.4. The summed E-state index contributed by atoms with van der Waals surface area (Å²) in [6.07, 6.45) is 3.96. The zero-order chi connectivity index (χ0) is 45.9. The van der Waals surface area contributed by atoms with Crippen molar-refractivity contribution in [3.8, 4) is 0 Å². The van der Waals surface area contributed by atoms with E-state index in [9.17, 15) is 55.1 Å². The smallest absolute Gasteiger partial charge is 0.406 e. The van der Waals surface area contributed by atoms with Crippen LogP contribution in [0.15, 0.2) is 0 Å². The van der Waals surface area contributed by atoms with E-state index < -0.39 is 109 Å². The van der Waals surface area contributed by atoms with Crippen molar-refractivity contribution in [2.75, 3.05) is 33.0 Å². The van der Waals surface area contributed by atoms with Gasteiger partial charge in [-0.2, -0.15) is 26.3 Å². The lowest BCUT2D eigenvalue weighted by atomic mass is 9.49. The molecule has 8 aliphatic rings. The summed E-state index contributed by atoms with van der Waals surface area (Å²) in [5.74, 6) is -13.4. The van der Waals surface area contributed by atoms with Gasteiger partial charge in [0.25, 0.3) is 0 Å². The SMILES string of the molecule is CCC(C)(C)C(=O)OCCOC(=O)C(F)(F)COC(=O)C12CC3CC(CC(C3)C1)C2.CCC(C)C(=O)OCCOC(=O)C(F)(F)CC(F)(F)OC(=O)C12CC3CC(CC(C3)C1)C2. The summed E-state index contributed by atoms with van der Waals surface area (Å²) >= 11 is 0. The number of esters is 6. The maximum atomic E-state index is 14.2. The van der Waals surface area contributed by atoms with Crippen molar-refractivity contribution in [1.29, 1.82) is 0 Å². The van der Waals surface area contributed by atoms with Gasteiger partial charge in [0.15, 0.2) is 6.61 Å². The van der Waals surface area contributed by atoms with Gasteiger partial charge in [0.05, 0.1) is 22.2 Å². The highest BCUT2D eigenvalue weighted by molar-refractivity contribution is 5.81. The lowest BCUT2D eigenvalue weighted by molar-refractivity contribution is -0.271. The molecule has 0 spiro atoms. The standard InChI is InChI=1S/C22H30F4O6.C22H32F2O6/c1-3-13(2)17(27)30-4-5-31-19(29)21(23,24)12-22(25,26)32-18(28)20-9-14-6-15(10-20)8-16(7-14)11-20;1-4-20(2,3)17(25)28-5-6-29-19(27)22(23,24)13-30-18(26)21-10-14-7-15(11-21)9-16(8-14)12-21/h13-16H,3-12H2,1-2H3;14-16H,4-13H2,1-3H3. The van der Waals surface area contributed by atoms with Crippen molar-refractivity contribution >= 4 is 35.8 Å². The van der Waals surface area contributed by atoms with Crippen LogP contribution in [0.1, 0.15) is 131 Å². The van der Waals surface area contributed by atoms with Crippen LogP contribution in [0.4, 0.5) is 26.3 Å². The highest BCUT2D eigenvalue weighted by atomic mass is 19.3. The molecule has 8 aliphatic carbocycles. The van der Waals surface area contributed by atoms with Crippen LogP contribution in [0.2, 0.25) is 0 Å². The quantitative estimate of drug-likeness (QED) is 0.0529. The van der Waals surface area contributed by atoms with Crippen molar-refractivity contribution in [1.82, 2.24) is 0 Å². The topological polar surface area (TPSA) is 158 Å². The number of rotatable bonds is 19. The third-order valence-corrected chi connectivity index (χ3v) is 14.2. The van der Waals surface area contributed by atoms with Crippen LogP contribution in [0.25, 0.3) is 0 Å². The maximum absolute atomic E-state index is 14.2. The van der Waals surface area contributed by atoms with Crippen LogP contribution in [0.5, 0.6) is 0 Å². The van der Waals surface area contributed by atoms with Gasteiger partial charge < -0.3 is 28.4 Å². The van der Waals surface area contributed by atoms with Crippen molar-refractivity contribution in [3.05, 3.63) is 0 Å². The highest BCUT2D eigenvalue weighted by Crippen LogP contribution is 2.62. The van der Waals surface area contributed by atoms with Crippen molar-refractivity contribution in [2.45, 2.75) is 149 Å². The molecule has 0 N–H and O–H groups in total. The van der Waals surface area contributed by atoms with Gasteiger partial charge in [0, 0.05) is 0 Å². The Balaban J connectivity index is 0.000000235. The largest absolute Gasteiger partial charge is 0.462 e. The molecule has 0 aliphatic heterocycles. The Morgan fingerprint density at radius 2 is 0.919 bits per heavy atom. The first-order valence-corrected chi connectivity index (χ1v) is 22.1. The molecule has 8 bridgehead atoms. The number of carbonyl (C=O) groups excluding carboxylic acids is 6. The monoisotopic (exact) mass is 896 g/mol. The Labute approximate surface area is 358 Å². The van der Waals surface area contributed by atoms with E-state index in [1.54, 1.807) is 27.7 Å². The molecular formula is C44H62F6O12. The molecule has 1 unspecified atom stereocenters. The first-order chi connectivity index (χ1) is 28.8. The molecular weight excluding hydrogens is 834 g/mol. The Hall–Kier alpha value is -3.60. The first-order valence-electron chi connectivity index (χ1n) is 22.1. The molecule has 0 saturated heterocycles. The number of alkyl halides is 6. The lowest BCUT2D eigenvalue weighted by Gasteiger charge is -2.55. The normalized spacial score (nSPS) is 30.0. The van der Waals surface area contributed by atoms with Crippen molar-refractivity contribution < 1.29 is 83.5 Å². The molecule has 8 saturated carbocycles. The van der Waals surface area contributed by atoms with Crippen molar-refractivity contribution in [3.63, 3.8) is 0 Å². The van der Waals surface area contributed by atoms with Gasteiger partial charge in [0.2, 0.25) is 0 Å². The molecule has 18 heteroatoms. The van der Waals surface area contributed by atoms with E-state index in [1.165, 1.54) is 0 Å². The third kappa shape index (κ3) is 11.9. The van der Waals surface area contributed by atoms with E-state index in [0.29, 0.717) is 69.1 Å². The fraction of sp³-hybridized carbons (Fsp3) is 0.864. The minimum atomic E-state index is -4.58. The van der Waals surface area contributed by atoms with Crippen LogP contribution >= 0.6 is 0 Å². The average Bonchev–Trinajstić information content (AvgIpc) is 3.18. The lowest BCUT2D eigenvalue weighted by Crippen LogP contribution is -2.52. The Morgan fingerprint density at radius 3 is 1.32 bits per heavy atom. The Morgan fingerprint density at radius 1 is 0.548 bits per heavy atom. The van der Waals surface area contributed by atoms with Crippen LogP contribution in [-0.2, 0) is 57.2 Å². The fourth-order valence-corrected chi connectivity index (χ4v) is 11.1.